The number of carbonyl (C=O) groups excluding carboxylic acids is 2. The summed E-state index contributed by atoms with van der Waals surface area (Å²) in [6, 6.07) is 0. The van der Waals surface area contributed by atoms with Crippen molar-refractivity contribution in [3.63, 3.8) is 0 Å². The number of hydrogen-bond donors (Lipinski definition) is 2. The molecule has 14 heavy (non-hydrogen) atoms. The van der Waals surface area contributed by atoms with Crippen LogP contribution in [0.4, 0.5) is 0 Å². The van der Waals surface area contributed by atoms with Crippen molar-refractivity contribution in [2.45, 2.75) is 34.6 Å². The fourth-order valence-electron chi connectivity index (χ4n) is 0.662. The smallest absolute Gasteiger partial charge is 0.216 e. The zero-order valence-corrected chi connectivity index (χ0v) is 7.00. The molecule has 0 saturated heterocycles. The van der Waals surface area contributed by atoms with Gasteiger partial charge in [0.05, 0.1) is 6.61 Å². The van der Waals surface area contributed by atoms with Gasteiger partial charge in [0.2, 0.25) is 5.91 Å². The molecule has 86 valence electrons. The van der Waals surface area contributed by atoms with Gasteiger partial charge in [-0.25, -0.2) is 4.89 Å². The molecule has 2 N–H and O–H groups in total. The van der Waals surface area contributed by atoms with E-state index in [0.717, 1.165) is 0 Å². The van der Waals surface area contributed by atoms with Crippen molar-refractivity contribution in [1.29, 1.82) is 0 Å². The fraction of sp³-hybridized carbons (Fsp3) is 0.778. The highest BCUT2D eigenvalue weighted by Crippen LogP contribution is 1.88. The lowest BCUT2D eigenvalue weighted by molar-refractivity contribution is -0.241. The lowest BCUT2D eigenvalue weighted by Gasteiger charge is -2.00. The molecule has 5 heteroatoms. The molecule has 0 fully saturated rings. The number of carbonyl (C=O) groups is 2. The van der Waals surface area contributed by atoms with Crippen LogP contribution in [-0.2, 0) is 14.5 Å². The summed E-state index contributed by atoms with van der Waals surface area (Å²) in [5.41, 5.74) is 0. The van der Waals surface area contributed by atoms with E-state index in [0.29, 0.717) is 6.54 Å². The van der Waals surface area contributed by atoms with Crippen LogP contribution in [0.15, 0.2) is 0 Å². The second-order valence-corrected chi connectivity index (χ2v) is 2.35. The topological polar surface area (TPSA) is 75.6 Å². The predicted molar refractivity (Wildman–Crippen MR) is 55.0 cm³/mol. The number of nitrogens with one attached hydrogen (secondary N) is 1. The maximum atomic E-state index is 10.8. The van der Waals surface area contributed by atoms with Crippen LogP contribution in [0.1, 0.15) is 34.6 Å². The summed E-state index contributed by atoms with van der Waals surface area (Å²) in [5.74, 6) is -0.195. The predicted octanol–water partition coefficient (Wildman–Crippen LogP) is 1.23. The van der Waals surface area contributed by atoms with E-state index in [1.165, 1.54) is 6.92 Å². The third kappa shape index (κ3) is 13.6. The normalized spacial score (nSPS) is 8.14. The quantitative estimate of drug-likeness (QED) is 0.507. The molecule has 0 unspecified atom stereocenters. The summed E-state index contributed by atoms with van der Waals surface area (Å²) in [5, 5.41) is 10.4. The van der Waals surface area contributed by atoms with Crippen molar-refractivity contribution in [2.24, 2.45) is 0 Å². The van der Waals surface area contributed by atoms with Gasteiger partial charge in [0.25, 0.3) is 0 Å². The van der Waals surface area contributed by atoms with Crippen molar-refractivity contribution in [3.8, 4) is 0 Å². The Morgan fingerprint density at radius 3 is 2.29 bits per heavy atom. The van der Waals surface area contributed by atoms with E-state index in [-0.39, 0.29) is 46.0 Å². The summed E-state index contributed by atoms with van der Waals surface area (Å²) < 4.78 is 0. The number of amides is 1. The van der Waals surface area contributed by atoms with Gasteiger partial charge in [0.1, 0.15) is 5.78 Å². The average molecular weight is 207 g/mol. The molecule has 0 aromatic heterocycles. The highest BCUT2D eigenvalue weighted by atomic mass is 17.1. The van der Waals surface area contributed by atoms with Crippen molar-refractivity contribution in [3.05, 3.63) is 0 Å². The molecule has 0 aliphatic rings. The first kappa shape index (κ1) is 18.8. The minimum Gasteiger partial charge on any atom is -0.356 e. The van der Waals surface area contributed by atoms with E-state index < -0.39 is 0 Å². The van der Waals surface area contributed by atoms with Gasteiger partial charge in [-0.1, -0.05) is 14.9 Å². The van der Waals surface area contributed by atoms with Crippen LogP contribution in [-0.4, -0.2) is 30.1 Å². The van der Waals surface area contributed by atoms with E-state index >= 15 is 0 Å². The van der Waals surface area contributed by atoms with Gasteiger partial charge in [-0.3, -0.25) is 14.8 Å². The lowest BCUT2D eigenvalue weighted by atomic mass is 10.2. The minimum absolute atomic E-state index is 0. The van der Waals surface area contributed by atoms with Gasteiger partial charge in [0, 0.05) is 26.3 Å². The molecule has 1 amide bonds. The zero-order valence-electron chi connectivity index (χ0n) is 7.00. The van der Waals surface area contributed by atoms with Gasteiger partial charge in [-0.2, -0.15) is 0 Å². The molecular formula is C9H21NO4. The van der Waals surface area contributed by atoms with Crippen molar-refractivity contribution >= 4 is 11.7 Å². The molecular weight excluding hydrogens is 186 g/mol. The Hall–Kier alpha value is -0.940. The SMILES string of the molecule is C.C.CC(=O)NCCC(=O)CCOO. The van der Waals surface area contributed by atoms with E-state index in [1.54, 1.807) is 0 Å². The van der Waals surface area contributed by atoms with Crippen LogP contribution in [0.2, 0.25) is 0 Å². The monoisotopic (exact) mass is 207 g/mol. The molecule has 0 aliphatic carbocycles. The summed E-state index contributed by atoms with van der Waals surface area (Å²) >= 11 is 0. The Kier molecular flexibility index (Phi) is 16.2. The Morgan fingerprint density at radius 2 is 1.86 bits per heavy atom. The molecule has 0 saturated carbocycles. The number of Topliss-reactive ketones (excluding diaryl/α,β-unsaturated/α-hetero) is 1. The van der Waals surface area contributed by atoms with Crippen molar-refractivity contribution < 1.29 is 19.7 Å². The van der Waals surface area contributed by atoms with Crippen LogP contribution >= 0.6 is 0 Å². The highest BCUT2D eigenvalue weighted by Gasteiger charge is 2.01. The van der Waals surface area contributed by atoms with Crippen LogP contribution in [0, 0.1) is 0 Å². The lowest BCUT2D eigenvalue weighted by Crippen LogP contribution is -2.23. The first-order valence-electron chi connectivity index (χ1n) is 3.69. The molecule has 5 nitrogen and oxygen atoms in total. The third-order valence-electron chi connectivity index (χ3n) is 1.25. The molecule has 0 aliphatic heterocycles. The fourth-order valence-corrected chi connectivity index (χ4v) is 0.662. The van der Waals surface area contributed by atoms with E-state index in [2.05, 4.69) is 10.2 Å². The summed E-state index contributed by atoms with van der Waals surface area (Å²) in [7, 11) is 0. The van der Waals surface area contributed by atoms with Gasteiger partial charge in [-0.15, -0.1) is 0 Å². The second-order valence-electron chi connectivity index (χ2n) is 2.35. The molecule has 0 aromatic carbocycles. The minimum atomic E-state index is -0.152. The van der Waals surface area contributed by atoms with Gasteiger partial charge in [0.15, 0.2) is 0 Å². The largest absolute Gasteiger partial charge is 0.356 e. The van der Waals surface area contributed by atoms with Crippen LogP contribution in [0.25, 0.3) is 0 Å². The van der Waals surface area contributed by atoms with E-state index in [1.807, 2.05) is 0 Å². The van der Waals surface area contributed by atoms with Crippen LogP contribution < -0.4 is 5.32 Å². The maximum Gasteiger partial charge on any atom is 0.216 e. The number of hydrogen-bond acceptors (Lipinski definition) is 4. The molecule has 0 spiro atoms. The van der Waals surface area contributed by atoms with Gasteiger partial charge < -0.3 is 5.32 Å². The molecule has 0 bridgehead atoms. The molecule has 0 atom stereocenters. The Bertz CT molecular complexity index is 159. The summed E-state index contributed by atoms with van der Waals surface area (Å²) in [6.07, 6.45) is 0.457. The van der Waals surface area contributed by atoms with Crippen LogP contribution in [0.3, 0.4) is 0 Å². The number of ketones is 1. The Morgan fingerprint density at radius 1 is 1.29 bits per heavy atom. The molecule has 0 aromatic rings. The van der Waals surface area contributed by atoms with E-state index in [9.17, 15) is 9.59 Å². The first-order valence-corrected chi connectivity index (χ1v) is 3.69. The average Bonchev–Trinajstić information content (AvgIpc) is 2.00. The van der Waals surface area contributed by atoms with Gasteiger partial charge in [-0.05, 0) is 0 Å². The number of rotatable bonds is 6. The third-order valence-corrected chi connectivity index (χ3v) is 1.25. The van der Waals surface area contributed by atoms with Crippen molar-refractivity contribution in [1.82, 2.24) is 5.32 Å². The summed E-state index contributed by atoms with van der Waals surface area (Å²) in [4.78, 5) is 24.9. The van der Waals surface area contributed by atoms with E-state index in [4.69, 9.17) is 5.26 Å². The Labute approximate surface area is 85.4 Å². The summed E-state index contributed by atoms with van der Waals surface area (Å²) in [6.45, 7) is 1.75. The molecule has 0 radical (unpaired) electrons. The van der Waals surface area contributed by atoms with Crippen molar-refractivity contribution in [2.75, 3.05) is 13.2 Å². The zero-order chi connectivity index (χ0) is 9.40. The highest BCUT2D eigenvalue weighted by molar-refractivity contribution is 5.79. The maximum absolute atomic E-state index is 10.8. The van der Waals surface area contributed by atoms with Gasteiger partial charge >= 0.3 is 0 Å². The standard InChI is InChI=1S/C7H13NO4.2CH4/c1-6(9)8-4-2-7(10)3-5-12-11;;/h11H,2-5H2,1H3,(H,8,9);2*1H4. The Balaban J connectivity index is -0.000000605. The first-order chi connectivity index (χ1) is 5.66. The second kappa shape index (κ2) is 12.1. The molecule has 0 rings (SSSR count). The molecule has 0 heterocycles. The van der Waals surface area contributed by atoms with Crippen LogP contribution in [0.5, 0.6) is 0 Å².